The van der Waals surface area contributed by atoms with E-state index < -0.39 is 0 Å². The predicted molar refractivity (Wildman–Crippen MR) is 101 cm³/mol. The van der Waals surface area contributed by atoms with Gasteiger partial charge in [0.05, 0.1) is 11.0 Å². The molecule has 1 fully saturated rings. The highest BCUT2D eigenvalue weighted by Gasteiger charge is 2.21. The van der Waals surface area contributed by atoms with Gasteiger partial charge in [-0.3, -0.25) is 4.79 Å². The fraction of sp³-hybridized carbons (Fsp3) is 0.600. The first-order valence-electron chi connectivity index (χ1n) is 9.53. The molecule has 1 aromatic heterocycles. The number of imidazole rings is 1. The van der Waals surface area contributed by atoms with Crippen molar-refractivity contribution in [1.29, 1.82) is 0 Å². The van der Waals surface area contributed by atoms with Crippen molar-refractivity contribution in [3.63, 3.8) is 0 Å². The van der Waals surface area contributed by atoms with Gasteiger partial charge in [-0.15, -0.1) is 0 Å². The zero-order valence-electron chi connectivity index (χ0n) is 15.4. The zero-order valence-corrected chi connectivity index (χ0v) is 15.4. The number of fused-ring (bicyclic) bond motifs is 1. The van der Waals surface area contributed by atoms with Crippen LogP contribution in [-0.2, 0) is 18.3 Å². The SMILES string of the molecule is CC(CC(=O)NCCCc1nc2ccccc2n1C)C1CCCNC1. The first-order valence-corrected chi connectivity index (χ1v) is 9.53. The lowest BCUT2D eigenvalue weighted by Gasteiger charge is -2.28. The summed E-state index contributed by atoms with van der Waals surface area (Å²) < 4.78 is 2.15. The van der Waals surface area contributed by atoms with Crippen LogP contribution in [-0.4, -0.2) is 35.1 Å². The summed E-state index contributed by atoms with van der Waals surface area (Å²) in [6.45, 7) is 5.10. The number of aromatic nitrogens is 2. The lowest BCUT2D eigenvalue weighted by Crippen LogP contribution is -2.35. The molecule has 0 bridgehead atoms. The summed E-state index contributed by atoms with van der Waals surface area (Å²) in [6.07, 6.45) is 4.91. The molecule has 2 N–H and O–H groups in total. The van der Waals surface area contributed by atoms with Gasteiger partial charge in [0.2, 0.25) is 5.91 Å². The number of rotatable bonds is 7. The Bertz CT molecular complexity index is 703. The number of benzene rings is 1. The molecule has 1 amide bonds. The summed E-state index contributed by atoms with van der Waals surface area (Å²) in [4.78, 5) is 16.8. The van der Waals surface area contributed by atoms with Crippen LogP contribution >= 0.6 is 0 Å². The minimum Gasteiger partial charge on any atom is -0.356 e. The van der Waals surface area contributed by atoms with E-state index in [0.717, 1.165) is 49.3 Å². The van der Waals surface area contributed by atoms with Crippen LogP contribution in [0.15, 0.2) is 24.3 Å². The number of aryl methyl sites for hydroxylation is 2. The molecule has 0 aliphatic carbocycles. The standard InChI is InChI=1S/C20H30N4O/c1-15(16-7-5-11-21-14-16)13-20(25)22-12-6-10-19-23-17-8-3-4-9-18(17)24(19)2/h3-4,8-9,15-16,21H,5-7,10-14H2,1-2H3,(H,22,25). The normalized spacial score (nSPS) is 19.0. The monoisotopic (exact) mass is 342 g/mol. The number of nitrogens with zero attached hydrogens (tertiary/aromatic N) is 2. The molecule has 25 heavy (non-hydrogen) atoms. The van der Waals surface area contributed by atoms with Crippen LogP contribution in [0.4, 0.5) is 0 Å². The number of carbonyl (C=O) groups is 1. The van der Waals surface area contributed by atoms with Gasteiger partial charge in [0.1, 0.15) is 5.82 Å². The fourth-order valence-corrected chi connectivity index (χ4v) is 3.79. The van der Waals surface area contributed by atoms with Crippen molar-refractivity contribution >= 4 is 16.9 Å². The molecular formula is C20H30N4O. The van der Waals surface area contributed by atoms with E-state index in [4.69, 9.17) is 0 Å². The minimum absolute atomic E-state index is 0.183. The summed E-state index contributed by atoms with van der Waals surface area (Å²) in [6, 6.07) is 8.19. The molecule has 3 rings (SSSR count). The van der Waals surface area contributed by atoms with Gasteiger partial charge in [-0.25, -0.2) is 4.98 Å². The van der Waals surface area contributed by atoms with Crippen molar-refractivity contribution in [1.82, 2.24) is 20.2 Å². The van der Waals surface area contributed by atoms with E-state index in [1.807, 2.05) is 18.2 Å². The summed E-state index contributed by atoms with van der Waals surface area (Å²) >= 11 is 0. The molecule has 0 radical (unpaired) electrons. The lowest BCUT2D eigenvalue weighted by molar-refractivity contribution is -0.122. The van der Waals surface area contributed by atoms with Crippen molar-refractivity contribution in [2.75, 3.05) is 19.6 Å². The second kappa shape index (κ2) is 8.48. The third-order valence-corrected chi connectivity index (χ3v) is 5.43. The summed E-state index contributed by atoms with van der Waals surface area (Å²) in [5, 5.41) is 6.51. The lowest BCUT2D eigenvalue weighted by atomic mass is 9.85. The molecular weight excluding hydrogens is 312 g/mol. The molecule has 2 heterocycles. The van der Waals surface area contributed by atoms with Gasteiger partial charge in [-0.05, 0) is 56.3 Å². The molecule has 2 atom stereocenters. The Morgan fingerprint density at radius 1 is 1.44 bits per heavy atom. The maximum atomic E-state index is 12.2. The van der Waals surface area contributed by atoms with Gasteiger partial charge < -0.3 is 15.2 Å². The van der Waals surface area contributed by atoms with Crippen molar-refractivity contribution in [3.8, 4) is 0 Å². The van der Waals surface area contributed by atoms with E-state index in [1.54, 1.807) is 0 Å². The largest absolute Gasteiger partial charge is 0.356 e. The number of hydrogen-bond acceptors (Lipinski definition) is 3. The maximum absolute atomic E-state index is 12.2. The van der Waals surface area contributed by atoms with Crippen LogP contribution in [0, 0.1) is 11.8 Å². The molecule has 2 unspecified atom stereocenters. The number of para-hydroxylation sites is 2. The molecule has 5 nitrogen and oxygen atoms in total. The molecule has 5 heteroatoms. The summed E-state index contributed by atoms with van der Waals surface area (Å²) in [7, 11) is 2.06. The minimum atomic E-state index is 0.183. The van der Waals surface area contributed by atoms with Gasteiger partial charge in [-0.1, -0.05) is 19.1 Å². The molecule has 1 aliphatic rings. The maximum Gasteiger partial charge on any atom is 0.220 e. The van der Waals surface area contributed by atoms with Crippen molar-refractivity contribution < 1.29 is 4.79 Å². The van der Waals surface area contributed by atoms with E-state index in [-0.39, 0.29) is 5.91 Å². The van der Waals surface area contributed by atoms with Crippen molar-refractivity contribution in [2.45, 2.75) is 39.0 Å². The number of carbonyl (C=O) groups excluding carboxylic acids is 1. The topological polar surface area (TPSA) is 59.0 Å². The van der Waals surface area contributed by atoms with Crippen LogP contribution in [0.2, 0.25) is 0 Å². The number of hydrogen-bond donors (Lipinski definition) is 2. The zero-order chi connectivity index (χ0) is 17.6. The van der Waals surface area contributed by atoms with Gasteiger partial charge in [0.15, 0.2) is 0 Å². The Morgan fingerprint density at radius 3 is 3.04 bits per heavy atom. The molecule has 0 saturated carbocycles. The van der Waals surface area contributed by atoms with Crippen LogP contribution in [0.3, 0.4) is 0 Å². The predicted octanol–water partition coefficient (Wildman–Crippen LogP) is 2.65. The van der Waals surface area contributed by atoms with E-state index >= 15 is 0 Å². The summed E-state index contributed by atoms with van der Waals surface area (Å²) in [5.41, 5.74) is 2.20. The Hall–Kier alpha value is -1.88. The first-order chi connectivity index (χ1) is 12.1. The van der Waals surface area contributed by atoms with E-state index in [1.165, 1.54) is 12.8 Å². The van der Waals surface area contributed by atoms with Crippen LogP contribution in [0.5, 0.6) is 0 Å². The second-order valence-electron chi connectivity index (χ2n) is 7.32. The quantitative estimate of drug-likeness (QED) is 0.761. The molecule has 2 aromatic rings. The van der Waals surface area contributed by atoms with Gasteiger partial charge in [0, 0.05) is 26.4 Å². The Labute approximate surface area is 150 Å². The number of piperidine rings is 1. The Balaban J connectivity index is 1.40. The smallest absolute Gasteiger partial charge is 0.220 e. The highest BCUT2D eigenvalue weighted by molar-refractivity contribution is 5.76. The van der Waals surface area contributed by atoms with Gasteiger partial charge in [-0.2, -0.15) is 0 Å². The molecule has 1 saturated heterocycles. The Morgan fingerprint density at radius 2 is 2.28 bits per heavy atom. The van der Waals surface area contributed by atoms with Crippen molar-refractivity contribution in [3.05, 3.63) is 30.1 Å². The molecule has 0 spiro atoms. The third kappa shape index (κ3) is 4.60. The average Bonchev–Trinajstić information content (AvgIpc) is 2.96. The van der Waals surface area contributed by atoms with Gasteiger partial charge >= 0.3 is 0 Å². The van der Waals surface area contributed by atoms with E-state index in [9.17, 15) is 4.79 Å². The first kappa shape index (κ1) is 17.9. The average molecular weight is 342 g/mol. The third-order valence-electron chi connectivity index (χ3n) is 5.43. The molecule has 1 aromatic carbocycles. The second-order valence-corrected chi connectivity index (χ2v) is 7.32. The van der Waals surface area contributed by atoms with Crippen LogP contribution < -0.4 is 10.6 Å². The van der Waals surface area contributed by atoms with E-state index in [2.05, 4.69) is 40.2 Å². The van der Waals surface area contributed by atoms with E-state index in [0.29, 0.717) is 18.3 Å². The Kier molecular flexibility index (Phi) is 6.08. The molecule has 136 valence electrons. The number of nitrogens with one attached hydrogen (secondary N) is 2. The molecule has 1 aliphatic heterocycles. The fourth-order valence-electron chi connectivity index (χ4n) is 3.79. The highest BCUT2D eigenvalue weighted by atomic mass is 16.1. The number of amides is 1. The van der Waals surface area contributed by atoms with Crippen LogP contribution in [0.1, 0.15) is 38.4 Å². The van der Waals surface area contributed by atoms with Crippen LogP contribution in [0.25, 0.3) is 11.0 Å². The van der Waals surface area contributed by atoms with Crippen molar-refractivity contribution in [2.24, 2.45) is 18.9 Å². The highest BCUT2D eigenvalue weighted by Crippen LogP contribution is 2.22. The summed E-state index contributed by atoms with van der Waals surface area (Å²) in [5.74, 6) is 2.35. The van der Waals surface area contributed by atoms with Gasteiger partial charge in [0.25, 0.3) is 0 Å².